The third-order valence-electron chi connectivity index (χ3n) is 3.33. The van der Waals surface area contributed by atoms with E-state index in [4.69, 9.17) is 0 Å². The molecule has 0 atom stereocenters. The highest BCUT2D eigenvalue weighted by Gasteiger charge is 2.07. The first-order valence-electron chi connectivity index (χ1n) is 7.31. The number of fused-ring (bicyclic) bond motifs is 1. The fraction of sp³-hybridized carbons (Fsp3) is 0.0526. The Kier molecular flexibility index (Phi) is 4.64. The molecule has 0 bridgehead atoms. The minimum Gasteiger partial charge on any atom is -0.298 e. The zero-order valence-electron chi connectivity index (χ0n) is 12.7. The summed E-state index contributed by atoms with van der Waals surface area (Å²) in [4.78, 5) is 16.2. The molecule has 1 amide bonds. The van der Waals surface area contributed by atoms with Gasteiger partial charge in [0.05, 0.1) is 5.69 Å². The number of allylic oxidation sites excluding steroid dienone is 3. The van der Waals surface area contributed by atoms with E-state index in [0.717, 1.165) is 11.3 Å². The fourth-order valence-electron chi connectivity index (χ4n) is 2.21. The summed E-state index contributed by atoms with van der Waals surface area (Å²) in [6.45, 7) is 1.90. The number of thiazole rings is 1. The number of anilines is 1. The lowest BCUT2D eigenvalue weighted by molar-refractivity contribution is -0.111. The second-order valence-electron chi connectivity index (χ2n) is 4.97. The smallest absolute Gasteiger partial charge is 0.250 e. The predicted molar refractivity (Wildman–Crippen MR) is 97.6 cm³/mol. The molecular weight excluding hydrogens is 304 g/mol. The van der Waals surface area contributed by atoms with Crippen molar-refractivity contribution in [2.24, 2.45) is 0 Å². The van der Waals surface area contributed by atoms with Gasteiger partial charge < -0.3 is 0 Å². The van der Waals surface area contributed by atoms with Crippen LogP contribution in [0.25, 0.3) is 22.0 Å². The highest BCUT2D eigenvalue weighted by atomic mass is 32.1. The number of carbonyl (C=O) groups is 1. The van der Waals surface area contributed by atoms with Gasteiger partial charge in [-0.3, -0.25) is 10.1 Å². The number of rotatable bonds is 4. The van der Waals surface area contributed by atoms with E-state index in [0.29, 0.717) is 5.13 Å². The van der Waals surface area contributed by atoms with Gasteiger partial charge in [0.15, 0.2) is 5.13 Å². The normalized spacial score (nSPS) is 11.5. The summed E-state index contributed by atoms with van der Waals surface area (Å²) in [5, 5.41) is 7.71. The van der Waals surface area contributed by atoms with Crippen LogP contribution in [0.5, 0.6) is 0 Å². The van der Waals surface area contributed by atoms with Crippen LogP contribution in [-0.2, 0) is 4.79 Å². The lowest BCUT2D eigenvalue weighted by Gasteiger charge is -2.01. The van der Waals surface area contributed by atoms with Gasteiger partial charge in [-0.05, 0) is 23.8 Å². The van der Waals surface area contributed by atoms with Gasteiger partial charge in [-0.25, -0.2) is 4.98 Å². The van der Waals surface area contributed by atoms with Gasteiger partial charge in [-0.2, -0.15) is 0 Å². The van der Waals surface area contributed by atoms with Gasteiger partial charge in [-0.15, -0.1) is 11.3 Å². The number of amides is 1. The van der Waals surface area contributed by atoms with Gasteiger partial charge >= 0.3 is 0 Å². The topological polar surface area (TPSA) is 42.0 Å². The highest BCUT2D eigenvalue weighted by molar-refractivity contribution is 7.14. The van der Waals surface area contributed by atoms with Crippen LogP contribution < -0.4 is 5.32 Å². The predicted octanol–water partition coefficient (Wildman–Crippen LogP) is 5.03. The molecule has 0 saturated heterocycles. The Morgan fingerprint density at radius 2 is 1.96 bits per heavy atom. The molecular formula is C19H16N2OS. The molecule has 114 valence electrons. The summed E-state index contributed by atoms with van der Waals surface area (Å²) in [5.74, 6) is -0.178. The van der Waals surface area contributed by atoms with E-state index in [1.807, 2.05) is 36.6 Å². The molecule has 23 heavy (non-hydrogen) atoms. The zero-order valence-corrected chi connectivity index (χ0v) is 13.5. The van der Waals surface area contributed by atoms with Crippen molar-refractivity contribution in [3.63, 3.8) is 0 Å². The van der Waals surface area contributed by atoms with E-state index in [1.165, 1.54) is 28.2 Å². The molecule has 3 aromatic rings. The van der Waals surface area contributed by atoms with Crippen LogP contribution in [0.4, 0.5) is 5.13 Å². The first kappa shape index (κ1) is 15.2. The molecule has 2 aromatic carbocycles. The summed E-state index contributed by atoms with van der Waals surface area (Å²) < 4.78 is 0. The number of nitrogens with zero attached hydrogens (tertiary/aromatic N) is 1. The Morgan fingerprint density at radius 3 is 2.78 bits per heavy atom. The molecule has 0 fully saturated rings. The number of aromatic nitrogens is 1. The summed E-state index contributed by atoms with van der Waals surface area (Å²) in [6.07, 6.45) is 6.86. The van der Waals surface area contributed by atoms with Crippen LogP contribution in [0.2, 0.25) is 0 Å². The molecule has 1 aromatic heterocycles. The van der Waals surface area contributed by atoms with Crippen LogP contribution in [0.3, 0.4) is 0 Å². The standard InChI is InChI=1S/C19H16N2OS/c1-2-3-4-9-18(22)21-19-20-17(13-23-19)16-11-10-14-7-5-6-8-15(14)12-16/h2-13H,1H3,(H,20,21,22)/b3-2+,9-4+. The molecule has 1 N–H and O–H groups in total. The van der Waals surface area contributed by atoms with E-state index in [1.54, 1.807) is 6.08 Å². The number of hydrogen-bond donors (Lipinski definition) is 1. The number of carbonyl (C=O) groups excluding carboxylic acids is 1. The average Bonchev–Trinajstić information content (AvgIpc) is 3.03. The van der Waals surface area contributed by atoms with Crippen molar-refractivity contribution in [2.75, 3.05) is 5.32 Å². The van der Waals surface area contributed by atoms with Crippen LogP contribution >= 0.6 is 11.3 Å². The van der Waals surface area contributed by atoms with Gasteiger partial charge in [0, 0.05) is 17.0 Å². The minimum absolute atomic E-state index is 0.178. The van der Waals surface area contributed by atoms with Gasteiger partial charge in [0.2, 0.25) is 5.91 Å². The van der Waals surface area contributed by atoms with E-state index in [-0.39, 0.29) is 5.91 Å². The first-order chi connectivity index (χ1) is 11.3. The van der Waals surface area contributed by atoms with Gasteiger partial charge in [0.25, 0.3) is 0 Å². The molecule has 3 rings (SSSR count). The summed E-state index contributed by atoms with van der Waals surface area (Å²) in [7, 11) is 0. The van der Waals surface area contributed by atoms with Gasteiger partial charge in [0.1, 0.15) is 0 Å². The van der Waals surface area contributed by atoms with E-state index < -0.39 is 0 Å². The van der Waals surface area contributed by atoms with Crippen molar-refractivity contribution < 1.29 is 4.79 Å². The van der Waals surface area contributed by atoms with Crippen LogP contribution in [0.1, 0.15) is 6.92 Å². The van der Waals surface area contributed by atoms with E-state index >= 15 is 0 Å². The van der Waals surface area contributed by atoms with Crippen molar-refractivity contribution in [1.29, 1.82) is 0 Å². The maximum atomic E-state index is 11.7. The van der Waals surface area contributed by atoms with Crippen molar-refractivity contribution >= 4 is 33.1 Å². The van der Waals surface area contributed by atoms with Crippen molar-refractivity contribution in [2.45, 2.75) is 6.92 Å². The van der Waals surface area contributed by atoms with Crippen LogP contribution in [-0.4, -0.2) is 10.9 Å². The van der Waals surface area contributed by atoms with Crippen molar-refractivity contribution in [1.82, 2.24) is 4.98 Å². The third-order valence-corrected chi connectivity index (χ3v) is 4.09. The summed E-state index contributed by atoms with van der Waals surface area (Å²) in [6, 6.07) is 14.5. The van der Waals surface area contributed by atoms with E-state index in [2.05, 4.69) is 40.6 Å². The maximum Gasteiger partial charge on any atom is 0.250 e. The lowest BCUT2D eigenvalue weighted by Crippen LogP contribution is -2.07. The Morgan fingerprint density at radius 1 is 1.13 bits per heavy atom. The van der Waals surface area contributed by atoms with Crippen molar-refractivity contribution in [3.05, 3.63) is 72.1 Å². The molecule has 1 heterocycles. The molecule has 0 spiro atoms. The highest BCUT2D eigenvalue weighted by Crippen LogP contribution is 2.27. The second-order valence-corrected chi connectivity index (χ2v) is 5.83. The molecule has 4 heteroatoms. The average molecular weight is 320 g/mol. The van der Waals surface area contributed by atoms with Crippen LogP contribution in [0, 0.1) is 0 Å². The molecule has 0 radical (unpaired) electrons. The third kappa shape index (κ3) is 3.73. The largest absolute Gasteiger partial charge is 0.298 e. The first-order valence-corrected chi connectivity index (χ1v) is 8.19. The van der Waals surface area contributed by atoms with Gasteiger partial charge in [-0.1, -0.05) is 54.6 Å². The number of nitrogens with one attached hydrogen (secondary N) is 1. The summed E-state index contributed by atoms with van der Waals surface area (Å²) in [5.41, 5.74) is 1.92. The number of hydrogen-bond acceptors (Lipinski definition) is 3. The fourth-order valence-corrected chi connectivity index (χ4v) is 2.94. The Labute approximate surface area is 139 Å². The minimum atomic E-state index is -0.178. The lowest BCUT2D eigenvalue weighted by atomic mass is 10.1. The SMILES string of the molecule is C/C=C/C=C/C(=O)Nc1nc(-c2ccc3ccccc3c2)cs1. The quantitative estimate of drug-likeness (QED) is 0.541. The molecule has 0 aliphatic rings. The maximum absolute atomic E-state index is 11.7. The molecule has 0 saturated carbocycles. The molecule has 0 aliphatic carbocycles. The van der Waals surface area contributed by atoms with Crippen molar-refractivity contribution in [3.8, 4) is 11.3 Å². The second kappa shape index (κ2) is 7.03. The Hall–Kier alpha value is -2.72. The van der Waals surface area contributed by atoms with Crippen LogP contribution in [0.15, 0.2) is 72.1 Å². The molecule has 0 unspecified atom stereocenters. The number of benzene rings is 2. The monoisotopic (exact) mass is 320 g/mol. The Balaban J connectivity index is 1.79. The van der Waals surface area contributed by atoms with E-state index in [9.17, 15) is 4.79 Å². The summed E-state index contributed by atoms with van der Waals surface area (Å²) >= 11 is 1.42. The Bertz CT molecular complexity index is 893. The molecule has 3 nitrogen and oxygen atoms in total. The molecule has 0 aliphatic heterocycles. The zero-order chi connectivity index (χ0) is 16.1.